The van der Waals surface area contributed by atoms with Gasteiger partial charge in [0.25, 0.3) is 5.91 Å². The van der Waals surface area contributed by atoms with Crippen molar-refractivity contribution in [3.8, 4) is 0 Å². The van der Waals surface area contributed by atoms with E-state index in [1.165, 1.54) is 6.20 Å². The van der Waals surface area contributed by atoms with E-state index >= 15 is 0 Å². The number of pyridine rings is 1. The normalized spacial score (nSPS) is 16.3. The average Bonchev–Trinajstić information content (AvgIpc) is 3.27. The second kappa shape index (κ2) is 8.83. The number of carbonyl (C=O) groups is 2. The van der Waals surface area contributed by atoms with Gasteiger partial charge in [0.1, 0.15) is 12.3 Å². The molecule has 156 valence electrons. The van der Waals surface area contributed by atoms with Crippen molar-refractivity contribution >= 4 is 28.7 Å². The summed E-state index contributed by atoms with van der Waals surface area (Å²) in [5, 5.41) is 4.22. The lowest BCUT2D eigenvalue weighted by Gasteiger charge is -2.33. The molecule has 0 unspecified atom stereocenters. The SMILES string of the molecule is NNC(=O)c1cnc2[nH]ccc2c1N[C@@H]1CCCN(C(=O)OCc2ccccc2)C1. The summed E-state index contributed by atoms with van der Waals surface area (Å²) in [7, 11) is 0. The van der Waals surface area contributed by atoms with Crippen LogP contribution in [0, 0.1) is 0 Å². The second-order valence-corrected chi connectivity index (χ2v) is 7.23. The van der Waals surface area contributed by atoms with Crippen LogP contribution in [0.1, 0.15) is 28.8 Å². The van der Waals surface area contributed by atoms with Crippen molar-refractivity contribution in [1.29, 1.82) is 0 Å². The maximum atomic E-state index is 12.5. The fourth-order valence-corrected chi connectivity index (χ4v) is 3.69. The standard InChI is InChI=1S/C21H24N6O3/c22-26-20(28)17-11-24-19-16(8-9-23-19)18(17)25-15-7-4-10-27(12-15)21(29)30-13-14-5-2-1-3-6-14/h1-3,5-6,8-9,11,15H,4,7,10,12-13,22H2,(H,26,28)(H2,23,24,25)/t15-/m1/s1. The monoisotopic (exact) mass is 408 g/mol. The largest absolute Gasteiger partial charge is 0.445 e. The van der Waals surface area contributed by atoms with Crippen molar-refractivity contribution in [3.05, 3.63) is 59.9 Å². The number of carbonyl (C=O) groups excluding carboxylic acids is 2. The highest BCUT2D eigenvalue weighted by Gasteiger charge is 2.26. The Bertz CT molecular complexity index is 1040. The van der Waals surface area contributed by atoms with Crippen molar-refractivity contribution < 1.29 is 14.3 Å². The van der Waals surface area contributed by atoms with E-state index in [1.807, 2.05) is 36.4 Å². The van der Waals surface area contributed by atoms with Crippen molar-refractivity contribution in [1.82, 2.24) is 20.3 Å². The number of hydrogen-bond donors (Lipinski definition) is 4. The molecule has 0 saturated carbocycles. The minimum atomic E-state index is -0.428. The number of nitrogen functional groups attached to an aromatic ring is 1. The summed E-state index contributed by atoms with van der Waals surface area (Å²) in [4.78, 5) is 33.8. The number of hydrazine groups is 1. The molecule has 2 amide bonds. The molecule has 3 heterocycles. The van der Waals surface area contributed by atoms with Crippen LogP contribution in [-0.2, 0) is 11.3 Å². The first-order chi connectivity index (χ1) is 14.7. The topological polar surface area (TPSA) is 125 Å². The fraction of sp³-hybridized carbons (Fsp3) is 0.286. The number of benzene rings is 1. The van der Waals surface area contributed by atoms with E-state index in [0.29, 0.717) is 30.0 Å². The van der Waals surface area contributed by atoms with Crippen LogP contribution in [0.2, 0.25) is 0 Å². The number of nitrogens with zero attached hydrogens (tertiary/aromatic N) is 2. The molecular formula is C21H24N6O3. The van der Waals surface area contributed by atoms with Crippen LogP contribution in [0.15, 0.2) is 48.8 Å². The molecule has 30 heavy (non-hydrogen) atoms. The van der Waals surface area contributed by atoms with Gasteiger partial charge in [-0.1, -0.05) is 30.3 Å². The predicted octanol–water partition coefficient (Wildman–Crippen LogP) is 2.38. The zero-order valence-corrected chi connectivity index (χ0v) is 16.4. The van der Waals surface area contributed by atoms with E-state index in [9.17, 15) is 9.59 Å². The summed E-state index contributed by atoms with van der Waals surface area (Å²) in [5.74, 6) is 4.91. The molecule has 5 N–H and O–H groups in total. The van der Waals surface area contributed by atoms with Crippen molar-refractivity contribution in [2.24, 2.45) is 5.84 Å². The Morgan fingerprint density at radius 3 is 2.90 bits per heavy atom. The molecular weight excluding hydrogens is 384 g/mol. The van der Waals surface area contributed by atoms with Crippen LogP contribution in [0.4, 0.5) is 10.5 Å². The summed E-state index contributed by atoms with van der Waals surface area (Å²) < 4.78 is 5.47. The maximum Gasteiger partial charge on any atom is 0.410 e. The number of amides is 2. The number of piperidine rings is 1. The minimum absolute atomic E-state index is 0.0344. The molecule has 1 fully saturated rings. The number of nitrogens with one attached hydrogen (secondary N) is 3. The molecule has 9 nitrogen and oxygen atoms in total. The Balaban J connectivity index is 1.46. The van der Waals surface area contributed by atoms with Crippen LogP contribution in [0.25, 0.3) is 11.0 Å². The molecule has 9 heteroatoms. The highest BCUT2D eigenvalue weighted by molar-refractivity contribution is 6.06. The molecule has 3 aromatic rings. The van der Waals surface area contributed by atoms with Gasteiger partial charge in [-0.25, -0.2) is 15.6 Å². The van der Waals surface area contributed by atoms with Gasteiger partial charge in [-0.15, -0.1) is 0 Å². The lowest BCUT2D eigenvalue weighted by atomic mass is 10.0. The summed E-state index contributed by atoms with van der Waals surface area (Å²) in [5.41, 5.74) is 4.78. The molecule has 1 saturated heterocycles. The number of likely N-dealkylation sites (tertiary alicyclic amines) is 1. The third-order valence-electron chi connectivity index (χ3n) is 5.20. The Morgan fingerprint density at radius 1 is 1.27 bits per heavy atom. The van der Waals surface area contributed by atoms with Gasteiger partial charge in [0, 0.05) is 36.9 Å². The number of hydrogen-bond acceptors (Lipinski definition) is 6. The van der Waals surface area contributed by atoms with Crippen LogP contribution in [0.5, 0.6) is 0 Å². The van der Waals surface area contributed by atoms with E-state index in [0.717, 1.165) is 23.8 Å². The summed E-state index contributed by atoms with van der Waals surface area (Å²) in [6.45, 7) is 1.35. The third kappa shape index (κ3) is 4.20. The number of nitrogens with two attached hydrogens (primary N) is 1. The number of rotatable bonds is 5. The molecule has 1 aliphatic heterocycles. The van der Waals surface area contributed by atoms with E-state index in [-0.39, 0.29) is 18.7 Å². The van der Waals surface area contributed by atoms with Crippen LogP contribution in [-0.4, -0.2) is 46.0 Å². The zero-order valence-electron chi connectivity index (χ0n) is 16.4. The first-order valence-electron chi connectivity index (χ1n) is 9.85. The van der Waals surface area contributed by atoms with Gasteiger partial charge in [-0.3, -0.25) is 10.2 Å². The van der Waals surface area contributed by atoms with Crippen LogP contribution in [0.3, 0.4) is 0 Å². The fourth-order valence-electron chi connectivity index (χ4n) is 3.69. The molecule has 0 radical (unpaired) electrons. The van der Waals surface area contributed by atoms with Crippen molar-refractivity contribution in [2.75, 3.05) is 18.4 Å². The Labute approximate surface area is 173 Å². The van der Waals surface area contributed by atoms with Gasteiger partial charge >= 0.3 is 6.09 Å². The summed E-state index contributed by atoms with van der Waals surface area (Å²) in [6.07, 6.45) is 4.60. The van der Waals surface area contributed by atoms with Gasteiger partial charge in [-0.2, -0.15) is 0 Å². The quantitative estimate of drug-likeness (QED) is 0.292. The highest BCUT2D eigenvalue weighted by Crippen LogP contribution is 2.28. The van der Waals surface area contributed by atoms with Crippen LogP contribution >= 0.6 is 0 Å². The predicted molar refractivity (Wildman–Crippen MR) is 113 cm³/mol. The molecule has 1 atom stereocenters. The molecule has 2 aromatic heterocycles. The first-order valence-corrected chi connectivity index (χ1v) is 9.85. The first kappa shape index (κ1) is 19.7. The van der Waals surface area contributed by atoms with Gasteiger partial charge in [-0.05, 0) is 24.5 Å². The number of ether oxygens (including phenoxy) is 1. The average molecular weight is 408 g/mol. The zero-order chi connectivity index (χ0) is 20.9. The molecule has 0 spiro atoms. The Hall–Kier alpha value is -3.59. The number of H-pyrrole nitrogens is 1. The van der Waals surface area contributed by atoms with Crippen LogP contribution < -0.4 is 16.6 Å². The van der Waals surface area contributed by atoms with Gasteiger partial charge < -0.3 is 19.9 Å². The molecule has 1 aliphatic rings. The third-order valence-corrected chi connectivity index (χ3v) is 5.20. The number of aromatic amines is 1. The lowest BCUT2D eigenvalue weighted by molar-refractivity contribution is 0.0873. The van der Waals surface area contributed by atoms with Gasteiger partial charge in [0.05, 0.1) is 11.3 Å². The number of anilines is 1. The number of fused-ring (bicyclic) bond motifs is 1. The summed E-state index contributed by atoms with van der Waals surface area (Å²) in [6, 6.07) is 11.4. The smallest absolute Gasteiger partial charge is 0.410 e. The van der Waals surface area contributed by atoms with E-state index in [1.54, 1.807) is 11.1 Å². The Kier molecular flexibility index (Phi) is 5.80. The van der Waals surface area contributed by atoms with Crippen molar-refractivity contribution in [2.45, 2.75) is 25.5 Å². The summed E-state index contributed by atoms with van der Waals surface area (Å²) >= 11 is 0. The highest BCUT2D eigenvalue weighted by atomic mass is 16.6. The Morgan fingerprint density at radius 2 is 2.10 bits per heavy atom. The van der Waals surface area contributed by atoms with Crippen molar-refractivity contribution in [3.63, 3.8) is 0 Å². The van der Waals surface area contributed by atoms with E-state index < -0.39 is 5.91 Å². The maximum absolute atomic E-state index is 12.5. The number of aromatic nitrogens is 2. The molecule has 4 rings (SSSR count). The van der Waals surface area contributed by atoms with Gasteiger partial charge in [0.2, 0.25) is 0 Å². The second-order valence-electron chi connectivity index (χ2n) is 7.23. The molecule has 0 aliphatic carbocycles. The molecule has 1 aromatic carbocycles. The molecule has 0 bridgehead atoms. The minimum Gasteiger partial charge on any atom is -0.445 e. The van der Waals surface area contributed by atoms with E-state index in [4.69, 9.17) is 10.6 Å². The van der Waals surface area contributed by atoms with Gasteiger partial charge in [0.15, 0.2) is 0 Å². The lowest BCUT2D eigenvalue weighted by Crippen LogP contribution is -2.45. The van der Waals surface area contributed by atoms with E-state index in [2.05, 4.69) is 20.7 Å².